The summed E-state index contributed by atoms with van der Waals surface area (Å²) in [5.74, 6) is 0.515. The van der Waals surface area contributed by atoms with Gasteiger partial charge in [-0.3, -0.25) is 4.79 Å². The average molecular weight is 281 g/mol. The first-order valence-electron chi connectivity index (χ1n) is 8.09. The molecule has 0 unspecified atom stereocenters. The number of fused-ring (bicyclic) bond motifs is 1. The third kappa shape index (κ3) is 3.44. The molecule has 0 heterocycles. The van der Waals surface area contributed by atoms with E-state index in [1.54, 1.807) is 0 Å². The zero-order valence-corrected chi connectivity index (χ0v) is 12.5. The lowest BCUT2D eigenvalue weighted by atomic mass is 9.88. The number of amides is 1. The van der Waals surface area contributed by atoms with Crippen LogP contribution in [0.25, 0.3) is 10.8 Å². The summed E-state index contributed by atoms with van der Waals surface area (Å²) in [6.07, 6.45) is 6.75. The van der Waals surface area contributed by atoms with Crippen molar-refractivity contribution in [3.05, 3.63) is 48.0 Å². The van der Waals surface area contributed by atoms with Crippen LogP contribution < -0.4 is 5.32 Å². The molecule has 110 valence electrons. The van der Waals surface area contributed by atoms with Crippen LogP contribution in [0.1, 0.15) is 37.7 Å². The zero-order chi connectivity index (χ0) is 14.5. The molecule has 0 aromatic heterocycles. The van der Waals surface area contributed by atoms with Gasteiger partial charge in [0.05, 0.1) is 0 Å². The molecule has 0 bridgehead atoms. The smallest absolute Gasteiger partial charge is 0.223 e. The number of hydrogen-bond acceptors (Lipinski definition) is 1. The standard InChI is InChI=1S/C19H23NO/c21-19(17-8-2-1-3-9-17)20-14-13-16-11-6-10-15-7-4-5-12-18(15)16/h4-7,10-12,17H,1-3,8-9,13-14H2,(H,20,21). The number of benzene rings is 2. The van der Waals surface area contributed by atoms with Gasteiger partial charge in [-0.05, 0) is 35.6 Å². The van der Waals surface area contributed by atoms with Gasteiger partial charge < -0.3 is 5.32 Å². The normalized spacial score (nSPS) is 16.0. The third-order valence-corrected chi connectivity index (χ3v) is 4.55. The van der Waals surface area contributed by atoms with Gasteiger partial charge in [0.15, 0.2) is 0 Å². The molecule has 2 heteroatoms. The van der Waals surface area contributed by atoms with Crippen LogP contribution >= 0.6 is 0 Å². The molecule has 0 atom stereocenters. The Kier molecular flexibility index (Phi) is 4.54. The van der Waals surface area contributed by atoms with Gasteiger partial charge >= 0.3 is 0 Å². The molecule has 1 N–H and O–H groups in total. The number of carbonyl (C=O) groups is 1. The molecule has 1 fully saturated rings. The number of rotatable bonds is 4. The molecule has 2 aromatic rings. The van der Waals surface area contributed by atoms with Crippen LogP contribution in [0.15, 0.2) is 42.5 Å². The minimum absolute atomic E-state index is 0.256. The van der Waals surface area contributed by atoms with Crippen molar-refractivity contribution in [2.45, 2.75) is 38.5 Å². The molecule has 2 aromatic carbocycles. The summed E-state index contributed by atoms with van der Waals surface area (Å²) in [6, 6.07) is 14.8. The molecule has 21 heavy (non-hydrogen) atoms. The largest absolute Gasteiger partial charge is 0.356 e. The van der Waals surface area contributed by atoms with Gasteiger partial charge in [0.2, 0.25) is 5.91 Å². The molecule has 3 rings (SSSR count). The lowest BCUT2D eigenvalue weighted by Crippen LogP contribution is -2.33. The Morgan fingerprint density at radius 2 is 1.76 bits per heavy atom. The van der Waals surface area contributed by atoms with Crippen LogP contribution in [0.2, 0.25) is 0 Å². The fourth-order valence-corrected chi connectivity index (χ4v) is 3.34. The highest BCUT2D eigenvalue weighted by atomic mass is 16.1. The van der Waals surface area contributed by atoms with Gasteiger partial charge in [-0.1, -0.05) is 61.7 Å². The van der Waals surface area contributed by atoms with Crippen LogP contribution in [0.5, 0.6) is 0 Å². The van der Waals surface area contributed by atoms with E-state index in [2.05, 4.69) is 47.8 Å². The van der Waals surface area contributed by atoms with E-state index in [-0.39, 0.29) is 11.8 Å². The SMILES string of the molecule is O=C(NCCc1cccc2ccccc12)C1CCCCC1. The van der Waals surface area contributed by atoms with Crippen LogP contribution in [-0.4, -0.2) is 12.5 Å². The monoisotopic (exact) mass is 281 g/mol. The lowest BCUT2D eigenvalue weighted by Gasteiger charge is -2.20. The quantitative estimate of drug-likeness (QED) is 0.899. The molecule has 0 aliphatic heterocycles. The van der Waals surface area contributed by atoms with Gasteiger partial charge in [-0.25, -0.2) is 0 Å². The molecule has 1 aliphatic rings. The van der Waals surface area contributed by atoms with E-state index < -0.39 is 0 Å². The van der Waals surface area contributed by atoms with Crippen LogP contribution in [0, 0.1) is 5.92 Å². The molecule has 1 amide bonds. The Bertz CT molecular complexity index is 608. The molecule has 2 nitrogen and oxygen atoms in total. The topological polar surface area (TPSA) is 29.1 Å². The fraction of sp³-hybridized carbons (Fsp3) is 0.421. The second-order valence-corrected chi connectivity index (χ2v) is 6.01. The second-order valence-electron chi connectivity index (χ2n) is 6.01. The Balaban J connectivity index is 1.58. The van der Waals surface area contributed by atoms with E-state index in [1.807, 2.05) is 0 Å². The van der Waals surface area contributed by atoms with Gasteiger partial charge in [-0.15, -0.1) is 0 Å². The molecule has 0 saturated heterocycles. The van der Waals surface area contributed by atoms with E-state index in [0.29, 0.717) is 0 Å². The van der Waals surface area contributed by atoms with Crippen molar-refractivity contribution in [1.29, 1.82) is 0 Å². The minimum Gasteiger partial charge on any atom is -0.356 e. The Morgan fingerprint density at radius 1 is 1.00 bits per heavy atom. The zero-order valence-electron chi connectivity index (χ0n) is 12.5. The Morgan fingerprint density at radius 3 is 2.62 bits per heavy atom. The van der Waals surface area contributed by atoms with Crippen molar-refractivity contribution in [3.63, 3.8) is 0 Å². The summed E-state index contributed by atoms with van der Waals surface area (Å²) >= 11 is 0. The summed E-state index contributed by atoms with van der Waals surface area (Å²) in [4.78, 5) is 12.1. The van der Waals surface area contributed by atoms with Crippen LogP contribution in [-0.2, 0) is 11.2 Å². The summed E-state index contributed by atoms with van der Waals surface area (Å²) in [7, 11) is 0. The van der Waals surface area contributed by atoms with E-state index in [9.17, 15) is 4.79 Å². The maximum Gasteiger partial charge on any atom is 0.223 e. The predicted octanol–water partition coefficient (Wildman–Crippen LogP) is 4.08. The number of hydrogen-bond donors (Lipinski definition) is 1. The van der Waals surface area contributed by atoms with Gasteiger partial charge in [0, 0.05) is 12.5 Å². The van der Waals surface area contributed by atoms with Crippen molar-refractivity contribution >= 4 is 16.7 Å². The maximum absolute atomic E-state index is 12.1. The first kappa shape index (κ1) is 14.1. The molecular formula is C19H23NO. The third-order valence-electron chi connectivity index (χ3n) is 4.55. The summed E-state index contributed by atoms with van der Waals surface area (Å²) in [5.41, 5.74) is 1.32. The summed E-state index contributed by atoms with van der Waals surface area (Å²) < 4.78 is 0. The van der Waals surface area contributed by atoms with Crippen LogP contribution in [0.3, 0.4) is 0 Å². The van der Waals surface area contributed by atoms with Gasteiger partial charge in [0.1, 0.15) is 0 Å². The molecule has 0 spiro atoms. The lowest BCUT2D eigenvalue weighted by molar-refractivity contribution is -0.125. The summed E-state index contributed by atoms with van der Waals surface area (Å²) in [6.45, 7) is 0.739. The van der Waals surface area contributed by atoms with E-state index in [4.69, 9.17) is 0 Å². The Hall–Kier alpha value is -1.83. The van der Waals surface area contributed by atoms with Crippen molar-refractivity contribution in [2.75, 3.05) is 6.54 Å². The summed E-state index contributed by atoms with van der Waals surface area (Å²) in [5, 5.41) is 5.70. The van der Waals surface area contributed by atoms with Crippen molar-refractivity contribution < 1.29 is 4.79 Å². The van der Waals surface area contributed by atoms with E-state index >= 15 is 0 Å². The number of nitrogens with one attached hydrogen (secondary N) is 1. The molecular weight excluding hydrogens is 258 g/mol. The van der Waals surface area contributed by atoms with E-state index in [0.717, 1.165) is 25.8 Å². The predicted molar refractivity (Wildman–Crippen MR) is 87.2 cm³/mol. The highest BCUT2D eigenvalue weighted by Crippen LogP contribution is 2.23. The first-order valence-corrected chi connectivity index (χ1v) is 8.09. The highest BCUT2D eigenvalue weighted by molar-refractivity contribution is 5.85. The number of carbonyl (C=O) groups excluding carboxylic acids is 1. The maximum atomic E-state index is 12.1. The van der Waals surface area contributed by atoms with Crippen molar-refractivity contribution in [1.82, 2.24) is 5.32 Å². The highest BCUT2D eigenvalue weighted by Gasteiger charge is 2.20. The van der Waals surface area contributed by atoms with Gasteiger partial charge in [-0.2, -0.15) is 0 Å². The van der Waals surface area contributed by atoms with Crippen LogP contribution in [0.4, 0.5) is 0 Å². The van der Waals surface area contributed by atoms with Crippen molar-refractivity contribution in [3.8, 4) is 0 Å². The van der Waals surface area contributed by atoms with Crippen molar-refractivity contribution in [2.24, 2.45) is 5.92 Å². The van der Waals surface area contributed by atoms with Gasteiger partial charge in [0.25, 0.3) is 0 Å². The molecule has 1 aliphatic carbocycles. The second kappa shape index (κ2) is 6.75. The van der Waals surface area contributed by atoms with E-state index in [1.165, 1.54) is 35.6 Å². The molecule has 1 saturated carbocycles. The first-order chi connectivity index (χ1) is 10.3. The average Bonchev–Trinajstić information content (AvgIpc) is 2.56. The Labute approximate surface area is 126 Å². The fourth-order valence-electron chi connectivity index (χ4n) is 3.34. The molecule has 0 radical (unpaired) electrons. The minimum atomic E-state index is 0.256.